The first-order chi connectivity index (χ1) is 17.0. The molecule has 4 heterocycles. The SMILES string of the molecule is COc1nccc2c1OCC(c1ccc(F)cc1F)n1c(NSCCc3ncc(C)cn3)nnc1-2. The Morgan fingerprint density at radius 3 is 2.77 bits per heavy atom. The minimum Gasteiger partial charge on any atom is -0.485 e. The molecule has 1 aliphatic heterocycles. The van der Waals surface area contributed by atoms with E-state index in [1.54, 1.807) is 29.2 Å². The van der Waals surface area contributed by atoms with Crippen LogP contribution in [-0.2, 0) is 6.42 Å². The number of methoxy groups -OCH3 is 1. The second-order valence-corrected chi connectivity index (χ2v) is 8.68. The fraction of sp³-hybridized carbons (Fsp3) is 0.261. The summed E-state index contributed by atoms with van der Waals surface area (Å²) in [6.07, 6.45) is 5.77. The highest BCUT2D eigenvalue weighted by Gasteiger charge is 2.32. The lowest BCUT2D eigenvalue weighted by Gasteiger charge is -2.20. The fourth-order valence-electron chi connectivity index (χ4n) is 3.77. The zero-order valence-electron chi connectivity index (χ0n) is 18.9. The predicted molar refractivity (Wildman–Crippen MR) is 126 cm³/mol. The summed E-state index contributed by atoms with van der Waals surface area (Å²) >= 11 is 1.40. The molecule has 0 bridgehead atoms. The van der Waals surface area contributed by atoms with Crippen molar-refractivity contribution in [2.24, 2.45) is 0 Å². The largest absolute Gasteiger partial charge is 0.485 e. The zero-order valence-corrected chi connectivity index (χ0v) is 19.7. The molecule has 0 saturated heterocycles. The highest BCUT2D eigenvalue weighted by Crippen LogP contribution is 2.42. The smallest absolute Gasteiger partial charge is 0.257 e. The Bertz CT molecular complexity index is 1350. The van der Waals surface area contributed by atoms with Crippen LogP contribution in [0.2, 0.25) is 0 Å². The van der Waals surface area contributed by atoms with Gasteiger partial charge < -0.3 is 9.47 Å². The van der Waals surface area contributed by atoms with Crippen LogP contribution in [0.25, 0.3) is 11.4 Å². The average molecular weight is 498 g/mol. The summed E-state index contributed by atoms with van der Waals surface area (Å²) in [5.74, 6) is 1.54. The van der Waals surface area contributed by atoms with Crippen LogP contribution in [-0.4, -0.2) is 49.2 Å². The molecule has 0 aliphatic carbocycles. The van der Waals surface area contributed by atoms with Crippen LogP contribution in [0.5, 0.6) is 11.6 Å². The Morgan fingerprint density at radius 1 is 1.17 bits per heavy atom. The van der Waals surface area contributed by atoms with E-state index in [9.17, 15) is 8.78 Å². The molecule has 180 valence electrons. The Balaban J connectivity index is 1.47. The lowest BCUT2D eigenvalue weighted by Crippen LogP contribution is -2.20. The summed E-state index contributed by atoms with van der Waals surface area (Å²) in [6, 6.07) is 4.52. The van der Waals surface area contributed by atoms with Crippen LogP contribution in [0.3, 0.4) is 0 Å². The fourth-order valence-corrected chi connectivity index (χ4v) is 4.43. The van der Waals surface area contributed by atoms with Gasteiger partial charge in [-0.1, -0.05) is 6.07 Å². The molecule has 0 spiro atoms. The van der Waals surface area contributed by atoms with E-state index in [1.165, 1.54) is 31.2 Å². The van der Waals surface area contributed by atoms with E-state index < -0.39 is 17.7 Å². The first kappa shape index (κ1) is 23.0. The molecule has 0 radical (unpaired) electrons. The third-order valence-corrected chi connectivity index (χ3v) is 6.18. The molecular weight excluding hydrogens is 476 g/mol. The van der Waals surface area contributed by atoms with E-state index in [0.717, 1.165) is 17.5 Å². The third-order valence-electron chi connectivity index (χ3n) is 5.45. The van der Waals surface area contributed by atoms with Gasteiger partial charge in [0.15, 0.2) is 11.6 Å². The Labute approximate surface area is 204 Å². The van der Waals surface area contributed by atoms with Gasteiger partial charge in [0.25, 0.3) is 5.88 Å². The number of fused-ring (bicyclic) bond motifs is 3. The number of halogens is 2. The molecular formula is C23H21F2N7O2S. The Hall–Kier alpha value is -3.80. The highest BCUT2D eigenvalue weighted by atomic mass is 32.2. The van der Waals surface area contributed by atoms with Crippen molar-refractivity contribution in [3.63, 3.8) is 0 Å². The van der Waals surface area contributed by atoms with Gasteiger partial charge in [-0.2, -0.15) is 0 Å². The normalized spacial score (nSPS) is 14.5. The molecule has 3 aromatic heterocycles. The number of pyridine rings is 1. The number of nitrogens with zero attached hydrogens (tertiary/aromatic N) is 6. The molecule has 0 fully saturated rings. The van der Waals surface area contributed by atoms with Gasteiger partial charge in [-0.3, -0.25) is 9.29 Å². The lowest BCUT2D eigenvalue weighted by atomic mass is 10.1. The highest BCUT2D eigenvalue weighted by molar-refractivity contribution is 8.00. The van der Waals surface area contributed by atoms with Gasteiger partial charge in [-0.15, -0.1) is 10.2 Å². The number of hydrogen-bond donors (Lipinski definition) is 1. The van der Waals surface area contributed by atoms with Gasteiger partial charge in [0.2, 0.25) is 5.95 Å². The van der Waals surface area contributed by atoms with Crippen LogP contribution in [0, 0.1) is 18.6 Å². The monoisotopic (exact) mass is 497 g/mol. The van der Waals surface area contributed by atoms with E-state index in [0.29, 0.717) is 35.3 Å². The minimum atomic E-state index is -0.690. The molecule has 0 saturated carbocycles. The van der Waals surface area contributed by atoms with E-state index in [4.69, 9.17) is 9.47 Å². The number of aryl methyl sites for hydroxylation is 2. The van der Waals surface area contributed by atoms with Crippen molar-refractivity contribution in [2.75, 3.05) is 24.2 Å². The van der Waals surface area contributed by atoms with Crippen LogP contribution in [0.1, 0.15) is 23.0 Å². The van der Waals surface area contributed by atoms with Crippen LogP contribution < -0.4 is 14.2 Å². The van der Waals surface area contributed by atoms with Crippen molar-refractivity contribution >= 4 is 17.9 Å². The van der Waals surface area contributed by atoms with Gasteiger partial charge in [-0.25, -0.2) is 23.7 Å². The first-order valence-corrected chi connectivity index (χ1v) is 11.7. The van der Waals surface area contributed by atoms with Crippen LogP contribution in [0.4, 0.5) is 14.7 Å². The van der Waals surface area contributed by atoms with Crippen molar-refractivity contribution in [1.82, 2.24) is 29.7 Å². The maximum Gasteiger partial charge on any atom is 0.257 e. The van der Waals surface area contributed by atoms with E-state index in [1.807, 2.05) is 6.92 Å². The van der Waals surface area contributed by atoms with Gasteiger partial charge in [-0.05, 0) is 36.6 Å². The number of benzene rings is 1. The van der Waals surface area contributed by atoms with Crippen molar-refractivity contribution in [3.8, 4) is 23.0 Å². The van der Waals surface area contributed by atoms with Crippen molar-refractivity contribution < 1.29 is 18.3 Å². The molecule has 1 unspecified atom stereocenters. The second-order valence-electron chi connectivity index (χ2n) is 7.78. The summed E-state index contributed by atoms with van der Waals surface area (Å²) in [4.78, 5) is 12.8. The van der Waals surface area contributed by atoms with E-state index in [2.05, 4.69) is 29.9 Å². The standard InChI is InChI=1S/C23H21F2N7O2S/c1-13-10-27-19(28-11-13)6-8-35-31-23-30-29-21-16-5-7-26-22(33-2)20(16)34-12-18(32(21)23)15-4-3-14(24)9-17(15)25/h3-5,7,9-11,18H,6,8,12H2,1-2H3,(H,30,31). The minimum absolute atomic E-state index is 0.0270. The van der Waals surface area contributed by atoms with Gasteiger partial charge in [0, 0.05) is 42.4 Å². The summed E-state index contributed by atoms with van der Waals surface area (Å²) in [5, 5.41) is 8.67. The van der Waals surface area contributed by atoms with E-state index >= 15 is 0 Å². The van der Waals surface area contributed by atoms with Crippen molar-refractivity contribution in [3.05, 3.63) is 71.4 Å². The zero-order chi connectivity index (χ0) is 24.4. The molecule has 4 aromatic rings. The quantitative estimate of drug-likeness (QED) is 0.300. The molecule has 12 heteroatoms. The van der Waals surface area contributed by atoms with E-state index in [-0.39, 0.29) is 18.1 Å². The van der Waals surface area contributed by atoms with Crippen molar-refractivity contribution in [2.45, 2.75) is 19.4 Å². The number of anilines is 1. The number of ether oxygens (including phenoxy) is 2. The van der Waals surface area contributed by atoms with Gasteiger partial charge in [0.1, 0.15) is 30.1 Å². The molecule has 35 heavy (non-hydrogen) atoms. The molecule has 1 atom stereocenters. The predicted octanol–water partition coefficient (Wildman–Crippen LogP) is 4.01. The summed E-state index contributed by atoms with van der Waals surface area (Å²) in [6.45, 7) is 1.96. The van der Waals surface area contributed by atoms with Crippen LogP contribution in [0.15, 0.2) is 42.9 Å². The summed E-state index contributed by atoms with van der Waals surface area (Å²) in [5.41, 5.74) is 1.84. The first-order valence-electron chi connectivity index (χ1n) is 10.8. The number of hydrogen-bond acceptors (Lipinski definition) is 9. The molecule has 1 N–H and O–H groups in total. The number of rotatable bonds is 7. The van der Waals surface area contributed by atoms with Gasteiger partial charge >= 0.3 is 0 Å². The molecule has 1 aromatic carbocycles. The number of aromatic nitrogens is 6. The average Bonchev–Trinajstić information content (AvgIpc) is 3.19. The Morgan fingerprint density at radius 2 is 2.00 bits per heavy atom. The molecule has 0 amide bonds. The maximum atomic E-state index is 14.9. The van der Waals surface area contributed by atoms with Crippen LogP contribution >= 0.6 is 11.9 Å². The van der Waals surface area contributed by atoms with Gasteiger partial charge in [0.05, 0.1) is 12.7 Å². The lowest BCUT2D eigenvalue weighted by molar-refractivity contribution is 0.260. The summed E-state index contributed by atoms with van der Waals surface area (Å²) in [7, 11) is 1.49. The topological polar surface area (TPSA) is 99.9 Å². The number of nitrogens with one attached hydrogen (secondary N) is 1. The molecule has 5 rings (SSSR count). The maximum absolute atomic E-state index is 14.9. The molecule has 9 nitrogen and oxygen atoms in total. The second kappa shape index (κ2) is 9.82. The summed E-state index contributed by atoms with van der Waals surface area (Å²) < 4.78 is 44.8. The van der Waals surface area contributed by atoms with Crippen molar-refractivity contribution in [1.29, 1.82) is 0 Å². The third kappa shape index (κ3) is 4.61. The Kier molecular flexibility index (Phi) is 6.45. The molecule has 1 aliphatic rings.